The Kier molecular flexibility index (Phi) is 4.04. The van der Waals surface area contributed by atoms with E-state index in [9.17, 15) is 0 Å². The van der Waals surface area contributed by atoms with Gasteiger partial charge in [-0.05, 0) is 46.9 Å². The molecule has 0 saturated heterocycles. The number of benzene rings is 2. The van der Waals surface area contributed by atoms with Gasteiger partial charge in [-0.25, -0.2) is 0 Å². The maximum absolute atomic E-state index is 6.15. The number of pyridine rings is 1. The minimum atomic E-state index is 0. The Balaban J connectivity index is 0.00000132. The molecule has 0 amide bonds. The highest BCUT2D eigenvalue weighted by molar-refractivity contribution is 14.1. The summed E-state index contributed by atoms with van der Waals surface area (Å²) in [6.45, 7) is 0. The molecule has 21 heavy (non-hydrogen) atoms. The summed E-state index contributed by atoms with van der Waals surface area (Å²) in [5.41, 5.74) is 4.76. The van der Waals surface area contributed by atoms with Gasteiger partial charge in [-0.3, -0.25) is 0 Å². The van der Waals surface area contributed by atoms with E-state index in [1.807, 2.05) is 12.1 Å². The summed E-state index contributed by atoms with van der Waals surface area (Å²) in [6, 6.07) is 14.5. The average molecular weight is 521 g/mol. The van der Waals surface area contributed by atoms with Crippen LogP contribution in [-0.2, 0) is 7.05 Å². The maximum atomic E-state index is 6.15. The molecule has 5 heteroatoms. The molecule has 2 aromatic heterocycles. The molecular formula is C16H11ClI2N2. The Bertz CT molecular complexity index is 992. The van der Waals surface area contributed by atoms with Crippen molar-refractivity contribution in [1.29, 1.82) is 0 Å². The first-order valence-corrected chi connectivity index (χ1v) is 7.79. The van der Waals surface area contributed by atoms with Gasteiger partial charge >= 0.3 is 0 Å². The Morgan fingerprint density at radius 2 is 1.86 bits per heavy atom. The van der Waals surface area contributed by atoms with E-state index in [1.165, 1.54) is 30.9 Å². The van der Waals surface area contributed by atoms with Crippen LogP contribution in [-0.4, -0.2) is 4.98 Å². The lowest BCUT2D eigenvalue weighted by Gasteiger charge is -2.02. The second-order valence-electron chi connectivity index (χ2n) is 4.93. The minimum absolute atomic E-state index is 0. The third-order valence-electron chi connectivity index (χ3n) is 3.79. The second-order valence-corrected chi connectivity index (χ2v) is 6.44. The summed E-state index contributed by atoms with van der Waals surface area (Å²) in [5, 5.41) is 3.20. The van der Waals surface area contributed by atoms with Gasteiger partial charge in [0.15, 0.2) is 0 Å². The van der Waals surface area contributed by atoms with Crippen molar-refractivity contribution in [3.63, 3.8) is 0 Å². The Morgan fingerprint density at radius 1 is 1.10 bits per heavy atom. The van der Waals surface area contributed by atoms with Gasteiger partial charge in [-0.15, -0.1) is 0 Å². The predicted octanol–water partition coefficient (Wildman–Crippen LogP) is 1.56. The van der Waals surface area contributed by atoms with Crippen molar-refractivity contribution in [2.24, 2.45) is 7.05 Å². The first-order valence-electron chi connectivity index (χ1n) is 6.34. The van der Waals surface area contributed by atoms with Crippen LogP contribution in [0.3, 0.4) is 0 Å². The molecule has 0 fully saturated rings. The van der Waals surface area contributed by atoms with Crippen LogP contribution in [0.2, 0.25) is 5.02 Å². The van der Waals surface area contributed by atoms with E-state index in [-0.39, 0.29) is 24.0 Å². The van der Waals surface area contributed by atoms with Crippen molar-refractivity contribution in [2.75, 3.05) is 0 Å². The lowest BCUT2D eigenvalue weighted by molar-refractivity contribution is -0.616. The maximum Gasteiger partial charge on any atom is 0.239 e. The van der Waals surface area contributed by atoms with Crippen molar-refractivity contribution < 1.29 is 28.5 Å². The summed E-state index contributed by atoms with van der Waals surface area (Å²) in [6.07, 6.45) is 0. The van der Waals surface area contributed by atoms with Crippen LogP contribution in [0.1, 0.15) is 0 Å². The highest BCUT2D eigenvalue weighted by Gasteiger charge is 2.21. The molecule has 2 nitrogen and oxygen atoms in total. The molecule has 0 unspecified atom stereocenters. The monoisotopic (exact) mass is 520 g/mol. The van der Waals surface area contributed by atoms with E-state index < -0.39 is 0 Å². The van der Waals surface area contributed by atoms with Crippen LogP contribution < -0.4 is 28.5 Å². The number of nitrogens with zero attached hydrogens (tertiary/aromatic N) is 1. The standard InChI is InChI=1S/C16H10ClIN2.HI/c1-20-13-7-6-9(17)8-11(13)14(18)15-16(20)10-4-2-3-5-12(10)19-15;/h2-8H,1H3;1H. The Morgan fingerprint density at radius 3 is 2.67 bits per heavy atom. The molecule has 0 spiro atoms. The number of nitrogens with one attached hydrogen (secondary N) is 1. The number of aryl methyl sites for hydroxylation is 1. The smallest absolute Gasteiger partial charge is 0.239 e. The molecule has 4 rings (SSSR count). The fourth-order valence-electron chi connectivity index (χ4n) is 2.87. The summed E-state index contributed by atoms with van der Waals surface area (Å²) in [4.78, 5) is 3.53. The van der Waals surface area contributed by atoms with E-state index in [4.69, 9.17) is 11.6 Å². The van der Waals surface area contributed by atoms with Gasteiger partial charge in [0.05, 0.1) is 19.9 Å². The summed E-state index contributed by atoms with van der Waals surface area (Å²) >= 11 is 8.55. The van der Waals surface area contributed by atoms with E-state index in [1.54, 1.807) is 0 Å². The van der Waals surface area contributed by atoms with E-state index in [2.05, 4.69) is 69.5 Å². The number of fused-ring (bicyclic) bond motifs is 4. The first kappa shape index (κ1) is 15.3. The largest absolute Gasteiger partial charge is 1.00 e. The van der Waals surface area contributed by atoms with Crippen LogP contribution in [0.4, 0.5) is 0 Å². The highest BCUT2D eigenvalue weighted by atomic mass is 127. The molecule has 1 N–H and O–H groups in total. The second kappa shape index (κ2) is 5.55. The van der Waals surface area contributed by atoms with Crippen molar-refractivity contribution in [2.45, 2.75) is 0 Å². The van der Waals surface area contributed by atoms with Crippen LogP contribution in [0.15, 0.2) is 42.5 Å². The van der Waals surface area contributed by atoms with Crippen molar-refractivity contribution >= 4 is 67.0 Å². The normalized spacial score (nSPS) is 11.2. The molecule has 0 aliphatic rings. The molecule has 0 aliphatic carbocycles. The lowest BCUT2D eigenvalue weighted by atomic mass is 10.1. The quantitative estimate of drug-likeness (QED) is 0.268. The fraction of sp³-hybridized carbons (Fsp3) is 0.0625. The first-order chi connectivity index (χ1) is 9.66. The summed E-state index contributed by atoms with van der Waals surface area (Å²) in [5.74, 6) is 0. The van der Waals surface area contributed by atoms with Crippen molar-refractivity contribution in [3.8, 4) is 0 Å². The summed E-state index contributed by atoms with van der Waals surface area (Å²) < 4.78 is 3.45. The third-order valence-corrected chi connectivity index (χ3v) is 5.15. The molecule has 2 aromatic carbocycles. The molecule has 0 atom stereocenters. The number of rotatable bonds is 0. The zero-order valence-corrected chi connectivity index (χ0v) is 16.2. The molecule has 0 radical (unpaired) electrons. The van der Waals surface area contributed by atoms with Crippen molar-refractivity contribution in [3.05, 3.63) is 51.1 Å². The zero-order chi connectivity index (χ0) is 13.9. The number of hydrogen-bond acceptors (Lipinski definition) is 0. The van der Waals surface area contributed by atoms with Crippen LogP contribution >= 0.6 is 34.2 Å². The van der Waals surface area contributed by atoms with E-state index in [0.717, 1.165) is 10.5 Å². The third kappa shape index (κ3) is 2.22. The van der Waals surface area contributed by atoms with Crippen LogP contribution in [0.25, 0.3) is 32.8 Å². The van der Waals surface area contributed by atoms with Gasteiger partial charge in [0.1, 0.15) is 12.6 Å². The zero-order valence-electron chi connectivity index (χ0n) is 11.1. The van der Waals surface area contributed by atoms with Crippen LogP contribution in [0.5, 0.6) is 0 Å². The molecule has 4 aromatic rings. The van der Waals surface area contributed by atoms with Gasteiger partial charge in [0.25, 0.3) is 0 Å². The Hall–Kier alpha value is -0.600. The predicted molar refractivity (Wildman–Crippen MR) is 92.2 cm³/mol. The van der Waals surface area contributed by atoms with E-state index >= 15 is 0 Å². The number of para-hydroxylation sites is 1. The van der Waals surface area contributed by atoms with Gasteiger partial charge in [0.2, 0.25) is 11.0 Å². The number of aromatic nitrogens is 2. The molecular weight excluding hydrogens is 509 g/mol. The summed E-state index contributed by atoms with van der Waals surface area (Å²) in [7, 11) is 2.11. The average Bonchev–Trinajstić information content (AvgIpc) is 2.84. The van der Waals surface area contributed by atoms with Gasteiger partial charge in [-0.1, -0.05) is 23.7 Å². The number of H-pyrrole nitrogens is 1. The molecule has 2 heterocycles. The Labute approximate surface area is 157 Å². The minimum Gasteiger partial charge on any atom is -1.00 e. The number of aromatic amines is 1. The van der Waals surface area contributed by atoms with Gasteiger partial charge in [0, 0.05) is 11.1 Å². The SMILES string of the molecule is C[n+]1c2ccc(Cl)cc2c(I)c2[nH]c3ccccc3c21.[I-]. The fourth-order valence-corrected chi connectivity index (χ4v) is 3.86. The molecule has 0 aliphatic heterocycles. The van der Waals surface area contributed by atoms with Gasteiger partial charge < -0.3 is 29.0 Å². The number of hydrogen-bond donors (Lipinski definition) is 1. The van der Waals surface area contributed by atoms with Gasteiger partial charge in [-0.2, -0.15) is 4.57 Å². The topological polar surface area (TPSA) is 19.7 Å². The number of halogens is 3. The highest BCUT2D eigenvalue weighted by Crippen LogP contribution is 2.31. The molecule has 0 bridgehead atoms. The van der Waals surface area contributed by atoms with E-state index in [0.29, 0.717) is 0 Å². The molecule has 106 valence electrons. The van der Waals surface area contributed by atoms with Crippen LogP contribution in [0, 0.1) is 3.57 Å². The van der Waals surface area contributed by atoms with Crippen molar-refractivity contribution in [1.82, 2.24) is 4.98 Å². The lowest BCUT2D eigenvalue weighted by Crippen LogP contribution is -3.00. The molecule has 0 saturated carbocycles.